The highest BCUT2D eigenvalue weighted by Gasteiger charge is 2.31. The number of nitrogens with zero attached hydrogens (tertiary/aromatic N) is 1. The molecule has 1 heterocycles. The van der Waals surface area contributed by atoms with Crippen molar-refractivity contribution in [1.29, 1.82) is 0 Å². The monoisotopic (exact) mass is 303 g/mol. The molecule has 0 bridgehead atoms. The molecule has 0 radical (unpaired) electrons. The first-order valence-electron chi connectivity index (χ1n) is 7.68. The van der Waals surface area contributed by atoms with Crippen LogP contribution in [0.3, 0.4) is 0 Å². The lowest BCUT2D eigenvalue weighted by molar-refractivity contribution is 0.0556. The summed E-state index contributed by atoms with van der Waals surface area (Å²) in [4.78, 5) is 14.2. The van der Waals surface area contributed by atoms with Gasteiger partial charge in [-0.25, -0.2) is 4.79 Å². The molecule has 0 saturated carbocycles. The van der Waals surface area contributed by atoms with Crippen LogP contribution in [0, 0.1) is 5.92 Å². The Labute approximate surface area is 132 Å². The first kappa shape index (κ1) is 16.6. The Balaban J connectivity index is 2.16. The van der Waals surface area contributed by atoms with Crippen molar-refractivity contribution in [2.24, 2.45) is 5.92 Å². The molecule has 0 aliphatic carbocycles. The fourth-order valence-corrected chi connectivity index (χ4v) is 2.60. The molecule has 0 N–H and O–H groups in total. The number of hydrogen-bond acceptors (Lipinski definition) is 3. The molecule has 4 nitrogen and oxygen atoms in total. The number of ether oxygens (including phenoxy) is 2. The SMILES string of the molecule is C=CCOC[C@H]1Cc2ccccc2N(C(=O)OC(C)(C)C)C1. The van der Waals surface area contributed by atoms with Crippen molar-refractivity contribution >= 4 is 11.8 Å². The van der Waals surface area contributed by atoms with Crippen LogP contribution in [0.1, 0.15) is 26.3 Å². The van der Waals surface area contributed by atoms with Crippen LogP contribution in [-0.4, -0.2) is 31.5 Å². The number of hydrogen-bond donors (Lipinski definition) is 0. The summed E-state index contributed by atoms with van der Waals surface area (Å²) in [6.07, 6.45) is 2.35. The molecule has 1 atom stereocenters. The second kappa shape index (κ2) is 6.97. The topological polar surface area (TPSA) is 38.8 Å². The van der Waals surface area contributed by atoms with Gasteiger partial charge < -0.3 is 9.47 Å². The number of carbonyl (C=O) groups is 1. The quantitative estimate of drug-likeness (QED) is 0.627. The summed E-state index contributed by atoms with van der Waals surface area (Å²) in [6, 6.07) is 7.98. The van der Waals surface area contributed by atoms with Gasteiger partial charge in [-0.05, 0) is 38.8 Å². The number of para-hydroxylation sites is 1. The van der Waals surface area contributed by atoms with Gasteiger partial charge in [0, 0.05) is 12.5 Å². The smallest absolute Gasteiger partial charge is 0.414 e. The van der Waals surface area contributed by atoms with Gasteiger partial charge in [0.2, 0.25) is 0 Å². The van der Waals surface area contributed by atoms with Crippen LogP contribution in [0.2, 0.25) is 0 Å². The van der Waals surface area contributed by atoms with E-state index in [1.807, 2.05) is 39.0 Å². The molecular formula is C18H25NO3. The second-order valence-corrected chi connectivity index (χ2v) is 6.62. The number of carbonyl (C=O) groups excluding carboxylic acids is 1. The number of benzene rings is 1. The Morgan fingerprint density at radius 2 is 2.14 bits per heavy atom. The highest BCUT2D eigenvalue weighted by Crippen LogP contribution is 2.31. The second-order valence-electron chi connectivity index (χ2n) is 6.62. The summed E-state index contributed by atoms with van der Waals surface area (Å²) < 4.78 is 11.1. The van der Waals surface area contributed by atoms with Gasteiger partial charge in [0.05, 0.1) is 18.9 Å². The van der Waals surface area contributed by atoms with Crippen molar-refractivity contribution in [2.75, 3.05) is 24.7 Å². The predicted molar refractivity (Wildman–Crippen MR) is 88.2 cm³/mol. The molecule has 0 fully saturated rings. The van der Waals surface area contributed by atoms with Crippen molar-refractivity contribution in [3.63, 3.8) is 0 Å². The van der Waals surface area contributed by atoms with Gasteiger partial charge in [-0.15, -0.1) is 6.58 Å². The molecule has 1 aliphatic rings. The number of rotatable bonds is 4. The third kappa shape index (κ3) is 4.34. The average molecular weight is 303 g/mol. The maximum absolute atomic E-state index is 12.5. The first-order chi connectivity index (χ1) is 10.4. The Kier molecular flexibility index (Phi) is 5.24. The summed E-state index contributed by atoms with van der Waals surface area (Å²) in [5.41, 5.74) is 1.60. The molecule has 1 aliphatic heterocycles. The normalized spacial score (nSPS) is 17.8. The van der Waals surface area contributed by atoms with Gasteiger partial charge in [0.25, 0.3) is 0 Å². The summed E-state index contributed by atoms with van der Waals surface area (Å²) in [6.45, 7) is 11.1. The van der Waals surface area contributed by atoms with E-state index >= 15 is 0 Å². The van der Waals surface area contributed by atoms with E-state index < -0.39 is 5.60 Å². The van der Waals surface area contributed by atoms with E-state index in [-0.39, 0.29) is 12.0 Å². The lowest BCUT2D eigenvalue weighted by Crippen LogP contribution is -2.44. The van der Waals surface area contributed by atoms with Gasteiger partial charge in [-0.1, -0.05) is 24.3 Å². The van der Waals surface area contributed by atoms with E-state index in [0.717, 1.165) is 17.7 Å². The van der Waals surface area contributed by atoms with Crippen LogP contribution in [0.4, 0.5) is 10.5 Å². The van der Waals surface area contributed by atoms with Crippen LogP contribution in [0.15, 0.2) is 36.9 Å². The fourth-order valence-electron chi connectivity index (χ4n) is 2.60. The van der Waals surface area contributed by atoms with Crippen molar-refractivity contribution in [2.45, 2.75) is 32.8 Å². The number of amides is 1. The van der Waals surface area contributed by atoms with Gasteiger partial charge in [0.15, 0.2) is 0 Å². The van der Waals surface area contributed by atoms with Crippen LogP contribution in [-0.2, 0) is 15.9 Å². The summed E-state index contributed by atoms with van der Waals surface area (Å²) in [5, 5.41) is 0. The zero-order valence-corrected chi connectivity index (χ0v) is 13.7. The van der Waals surface area contributed by atoms with E-state index in [1.54, 1.807) is 11.0 Å². The van der Waals surface area contributed by atoms with Crippen LogP contribution < -0.4 is 4.90 Å². The largest absolute Gasteiger partial charge is 0.443 e. The molecule has 120 valence electrons. The Morgan fingerprint density at radius 3 is 2.82 bits per heavy atom. The Morgan fingerprint density at radius 1 is 1.41 bits per heavy atom. The third-order valence-corrected chi connectivity index (χ3v) is 3.43. The van der Waals surface area contributed by atoms with E-state index in [4.69, 9.17) is 9.47 Å². The fraction of sp³-hybridized carbons (Fsp3) is 0.500. The summed E-state index contributed by atoms with van der Waals surface area (Å²) in [7, 11) is 0. The van der Waals surface area contributed by atoms with Crippen molar-refractivity contribution in [3.8, 4) is 0 Å². The van der Waals surface area contributed by atoms with E-state index in [2.05, 4.69) is 12.6 Å². The number of fused-ring (bicyclic) bond motifs is 1. The molecule has 0 aromatic heterocycles. The summed E-state index contributed by atoms with van der Waals surface area (Å²) in [5.74, 6) is 0.266. The Hall–Kier alpha value is -1.81. The molecule has 2 rings (SSSR count). The van der Waals surface area contributed by atoms with E-state index in [9.17, 15) is 4.79 Å². The zero-order chi connectivity index (χ0) is 16.2. The minimum absolute atomic E-state index is 0.266. The molecule has 1 amide bonds. The molecule has 0 saturated heterocycles. The maximum atomic E-state index is 12.5. The molecule has 1 aromatic carbocycles. The van der Waals surface area contributed by atoms with Crippen molar-refractivity contribution < 1.29 is 14.3 Å². The molecule has 0 unspecified atom stereocenters. The van der Waals surface area contributed by atoms with Crippen LogP contribution in [0.25, 0.3) is 0 Å². The summed E-state index contributed by atoms with van der Waals surface area (Å²) >= 11 is 0. The minimum Gasteiger partial charge on any atom is -0.443 e. The third-order valence-electron chi connectivity index (χ3n) is 3.43. The van der Waals surface area contributed by atoms with Gasteiger partial charge in [0.1, 0.15) is 5.60 Å². The lowest BCUT2D eigenvalue weighted by Gasteiger charge is -2.35. The zero-order valence-electron chi connectivity index (χ0n) is 13.7. The van der Waals surface area contributed by atoms with E-state index in [0.29, 0.717) is 19.8 Å². The van der Waals surface area contributed by atoms with Crippen molar-refractivity contribution in [1.82, 2.24) is 0 Å². The minimum atomic E-state index is -0.502. The average Bonchev–Trinajstić information content (AvgIpc) is 2.45. The standard InChI is InChI=1S/C18H25NO3/c1-5-10-21-13-14-11-15-8-6-7-9-16(15)19(12-14)17(20)22-18(2,3)4/h5-9,14H,1,10-13H2,2-4H3/t14-/m0/s1. The maximum Gasteiger partial charge on any atom is 0.414 e. The molecule has 22 heavy (non-hydrogen) atoms. The lowest BCUT2D eigenvalue weighted by atomic mass is 9.93. The highest BCUT2D eigenvalue weighted by molar-refractivity contribution is 5.89. The molecular weight excluding hydrogens is 278 g/mol. The van der Waals surface area contributed by atoms with Gasteiger partial charge in [-0.3, -0.25) is 4.90 Å². The van der Waals surface area contributed by atoms with Crippen LogP contribution >= 0.6 is 0 Å². The van der Waals surface area contributed by atoms with Gasteiger partial charge in [-0.2, -0.15) is 0 Å². The van der Waals surface area contributed by atoms with Crippen molar-refractivity contribution in [3.05, 3.63) is 42.5 Å². The van der Waals surface area contributed by atoms with E-state index in [1.165, 1.54) is 0 Å². The Bertz CT molecular complexity index is 533. The molecule has 4 heteroatoms. The molecule has 1 aromatic rings. The van der Waals surface area contributed by atoms with Gasteiger partial charge >= 0.3 is 6.09 Å². The van der Waals surface area contributed by atoms with Crippen LogP contribution in [0.5, 0.6) is 0 Å². The molecule has 0 spiro atoms. The predicted octanol–water partition coefficient (Wildman–Crippen LogP) is 3.80. The highest BCUT2D eigenvalue weighted by atomic mass is 16.6. The number of anilines is 1. The first-order valence-corrected chi connectivity index (χ1v) is 7.68.